The molecule has 4 aromatic rings. The molecule has 2 aromatic heterocycles. The van der Waals surface area contributed by atoms with Gasteiger partial charge in [0.2, 0.25) is 5.91 Å². The number of benzene rings is 2. The third-order valence-corrected chi connectivity index (χ3v) is 7.02. The van der Waals surface area contributed by atoms with Crippen LogP contribution < -0.4 is 20.3 Å². The standard InChI is InChI=1S/C29H31FN6O2/c1-5-29(37)34-23-13-24(27(38-4)14-26(23)36(3)20-9-10-35(2)17-20)33-28-12-21-22(15-31-25(21)16-32-28)18-7-6-8-19(30)11-18/h5-8,11-16,20,31H,1,9-10,17H2,2-4H3,(H,32,33)(H,34,37). The van der Waals surface area contributed by atoms with Gasteiger partial charge in [0.05, 0.1) is 35.9 Å². The minimum Gasteiger partial charge on any atom is -0.494 e. The summed E-state index contributed by atoms with van der Waals surface area (Å²) >= 11 is 0. The lowest BCUT2D eigenvalue weighted by atomic mass is 10.1. The lowest BCUT2D eigenvalue weighted by Crippen LogP contribution is -2.34. The third kappa shape index (κ3) is 5.05. The van der Waals surface area contributed by atoms with Crippen molar-refractivity contribution in [2.75, 3.05) is 49.8 Å². The summed E-state index contributed by atoms with van der Waals surface area (Å²) in [6.45, 7) is 5.55. The second-order valence-electron chi connectivity index (χ2n) is 9.53. The summed E-state index contributed by atoms with van der Waals surface area (Å²) in [5.41, 5.74) is 4.60. The number of methoxy groups -OCH3 is 1. The van der Waals surface area contributed by atoms with Crippen molar-refractivity contribution in [3.05, 3.63) is 73.3 Å². The molecule has 1 saturated heterocycles. The lowest BCUT2D eigenvalue weighted by Gasteiger charge is -2.29. The van der Waals surface area contributed by atoms with E-state index < -0.39 is 0 Å². The molecule has 2 aromatic carbocycles. The van der Waals surface area contributed by atoms with Crippen LogP contribution in [0.2, 0.25) is 0 Å². The van der Waals surface area contributed by atoms with E-state index in [9.17, 15) is 9.18 Å². The molecule has 0 spiro atoms. The van der Waals surface area contributed by atoms with Crippen LogP contribution in [0.4, 0.5) is 27.3 Å². The van der Waals surface area contributed by atoms with Crippen molar-refractivity contribution in [1.29, 1.82) is 0 Å². The van der Waals surface area contributed by atoms with Crippen LogP contribution in [0.25, 0.3) is 22.0 Å². The SMILES string of the molecule is C=CC(=O)Nc1cc(Nc2cc3c(-c4cccc(F)c4)c[nH]c3cn2)c(OC)cc1N(C)C1CCN(C)C1. The first-order chi connectivity index (χ1) is 18.4. The first-order valence-corrected chi connectivity index (χ1v) is 12.4. The van der Waals surface area contributed by atoms with Gasteiger partial charge in [0.1, 0.15) is 17.4 Å². The van der Waals surface area contributed by atoms with Gasteiger partial charge in [-0.3, -0.25) is 4.79 Å². The number of nitrogens with zero attached hydrogens (tertiary/aromatic N) is 3. The quantitative estimate of drug-likeness (QED) is 0.274. The average molecular weight is 515 g/mol. The van der Waals surface area contributed by atoms with Gasteiger partial charge in [-0.05, 0) is 55.9 Å². The number of aromatic amines is 1. The van der Waals surface area contributed by atoms with E-state index in [1.807, 2.05) is 37.5 Å². The van der Waals surface area contributed by atoms with E-state index in [2.05, 4.69) is 44.0 Å². The topological polar surface area (TPSA) is 85.5 Å². The summed E-state index contributed by atoms with van der Waals surface area (Å²) in [5, 5.41) is 7.19. The summed E-state index contributed by atoms with van der Waals surface area (Å²) in [4.78, 5) is 24.5. The van der Waals surface area contributed by atoms with Gasteiger partial charge in [0.25, 0.3) is 0 Å². The van der Waals surface area contributed by atoms with Crippen LogP contribution in [-0.2, 0) is 4.79 Å². The van der Waals surface area contributed by atoms with Gasteiger partial charge in [-0.2, -0.15) is 0 Å². The number of carbonyl (C=O) groups is 1. The molecule has 0 radical (unpaired) electrons. The van der Waals surface area contributed by atoms with Crippen molar-refractivity contribution in [1.82, 2.24) is 14.9 Å². The highest BCUT2D eigenvalue weighted by Crippen LogP contribution is 2.40. The van der Waals surface area contributed by atoms with Crippen LogP contribution in [0.3, 0.4) is 0 Å². The number of ether oxygens (including phenoxy) is 1. The van der Waals surface area contributed by atoms with E-state index in [0.717, 1.165) is 47.2 Å². The number of nitrogens with one attached hydrogen (secondary N) is 3. The highest BCUT2D eigenvalue weighted by Gasteiger charge is 2.26. The number of H-pyrrole nitrogens is 1. The fraction of sp³-hybridized carbons (Fsp3) is 0.241. The zero-order valence-corrected chi connectivity index (χ0v) is 21.7. The molecule has 0 bridgehead atoms. The number of amides is 1. The maximum atomic E-state index is 13.9. The molecule has 1 aliphatic heterocycles. The Morgan fingerprint density at radius 2 is 2.13 bits per heavy atom. The highest BCUT2D eigenvalue weighted by atomic mass is 19.1. The Kier molecular flexibility index (Phi) is 7.02. The normalized spacial score (nSPS) is 15.4. The zero-order valence-electron chi connectivity index (χ0n) is 21.7. The molecule has 0 saturated carbocycles. The molecule has 9 heteroatoms. The molecule has 1 aliphatic rings. The fourth-order valence-corrected chi connectivity index (χ4v) is 4.96. The molecule has 0 aliphatic carbocycles. The molecular weight excluding hydrogens is 483 g/mol. The van der Waals surface area contributed by atoms with Crippen LogP contribution in [0, 0.1) is 5.82 Å². The second kappa shape index (κ2) is 10.5. The second-order valence-corrected chi connectivity index (χ2v) is 9.53. The van der Waals surface area contributed by atoms with Gasteiger partial charge < -0.3 is 30.2 Å². The van der Waals surface area contributed by atoms with Crippen molar-refractivity contribution < 1.29 is 13.9 Å². The van der Waals surface area contributed by atoms with Crippen LogP contribution >= 0.6 is 0 Å². The molecule has 1 unspecified atom stereocenters. The highest BCUT2D eigenvalue weighted by molar-refractivity contribution is 6.02. The summed E-state index contributed by atoms with van der Waals surface area (Å²) < 4.78 is 19.6. The van der Waals surface area contributed by atoms with Gasteiger partial charge in [0.15, 0.2) is 0 Å². The number of likely N-dealkylation sites (N-methyl/N-ethyl adjacent to an activating group) is 2. The van der Waals surface area contributed by atoms with E-state index in [1.165, 1.54) is 18.2 Å². The van der Waals surface area contributed by atoms with Gasteiger partial charge in [-0.1, -0.05) is 18.7 Å². The molecule has 5 rings (SSSR count). The Hall–Kier alpha value is -4.37. The van der Waals surface area contributed by atoms with E-state index in [0.29, 0.717) is 29.0 Å². The minimum atomic E-state index is -0.300. The molecule has 8 nitrogen and oxygen atoms in total. The number of rotatable bonds is 8. The van der Waals surface area contributed by atoms with Crippen molar-refractivity contribution in [2.24, 2.45) is 0 Å². The zero-order chi connectivity index (χ0) is 26.8. The van der Waals surface area contributed by atoms with E-state index in [4.69, 9.17) is 4.74 Å². The van der Waals surface area contributed by atoms with Crippen LogP contribution in [0.5, 0.6) is 5.75 Å². The van der Waals surface area contributed by atoms with Crippen LogP contribution in [-0.4, -0.2) is 61.1 Å². The van der Waals surface area contributed by atoms with Crippen LogP contribution in [0.1, 0.15) is 6.42 Å². The van der Waals surface area contributed by atoms with E-state index >= 15 is 0 Å². The molecule has 3 heterocycles. The molecule has 1 fully saturated rings. The van der Waals surface area contributed by atoms with Gasteiger partial charge in [-0.25, -0.2) is 9.37 Å². The number of halogens is 1. The number of aromatic nitrogens is 2. The lowest BCUT2D eigenvalue weighted by molar-refractivity contribution is -0.111. The number of anilines is 4. The fourth-order valence-electron chi connectivity index (χ4n) is 4.96. The van der Waals surface area contributed by atoms with Crippen LogP contribution in [0.15, 0.2) is 67.5 Å². The van der Waals surface area contributed by atoms with Gasteiger partial charge in [-0.15, -0.1) is 0 Å². The van der Waals surface area contributed by atoms with Crippen molar-refractivity contribution in [3.63, 3.8) is 0 Å². The Labute approximate surface area is 221 Å². The summed E-state index contributed by atoms with van der Waals surface area (Å²) in [7, 11) is 5.75. The third-order valence-electron chi connectivity index (χ3n) is 7.02. The summed E-state index contributed by atoms with van der Waals surface area (Å²) in [5.74, 6) is 0.590. The number of likely N-dealkylation sites (tertiary alicyclic amines) is 1. The molecular formula is C29H31FN6O2. The predicted molar refractivity (Wildman–Crippen MR) is 151 cm³/mol. The van der Waals surface area contributed by atoms with Gasteiger partial charge in [0, 0.05) is 42.8 Å². The number of hydrogen-bond donors (Lipinski definition) is 3. The van der Waals surface area contributed by atoms with E-state index in [-0.39, 0.29) is 11.7 Å². The Morgan fingerprint density at radius 3 is 2.84 bits per heavy atom. The molecule has 38 heavy (non-hydrogen) atoms. The first kappa shape index (κ1) is 25.3. The van der Waals surface area contributed by atoms with Crippen molar-refractivity contribution in [3.8, 4) is 16.9 Å². The Bertz CT molecular complexity index is 1500. The van der Waals surface area contributed by atoms with E-state index in [1.54, 1.807) is 19.4 Å². The largest absolute Gasteiger partial charge is 0.494 e. The average Bonchev–Trinajstić information content (AvgIpc) is 3.54. The predicted octanol–water partition coefficient (Wildman–Crippen LogP) is 5.39. The van der Waals surface area contributed by atoms with Crippen molar-refractivity contribution >= 4 is 39.7 Å². The molecule has 196 valence electrons. The first-order valence-electron chi connectivity index (χ1n) is 12.4. The maximum absolute atomic E-state index is 13.9. The minimum absolute atomic E-state index is 0.294. The van der Waals surface area contributed by atoms with Crippen molar-refractivity contribution in [2.45, 2.75) is 12.5 Å². The number of hydrogen-bond acceptors (Lipinski definition) is 6. The number of fused-ring (bicyclic) bond motifs is 1. The Morgan fingerprint density at radius 1 is 1.29 bits per heavy atom. The molecule has 3 N–H and O–H groups in total. The Balaban J connectivity index is 1.52. The summed E-state index contributed by atoms with van der Waals surface area (Å²) in [6.07, 6.45) is 5.85. The smallest absolute Gasteiger partial charge is 0.247 e. The molecule has 1 amide bonds. The maximum Gasteiger partial charge on any atom is 0.247 e. The number of carbonyl (C=O) groups excluding carboxylic acids is 1. The van der Waals surface area contributed by atoms with Gasteiger partial charge >= 0.3 is 0 Å². The monoisotopic (exact) mass is 514 g/mol. The number of pyridine rings is 1. The molecule has 1 atom stereocenters. The summed E-state index contributed by atoms with van der Waals surface area (Å²) in [6, 6.07) is 12.5.